The molecule has 3 rings (SSSR count). The van der Waals surface area contributed by atoms with Crippen LogP contribution in [0.15, 0.2) is 18.2 Å². The Kier molecular flexibility index (Phi) is 5.21. The molecule has 0 aromatic heterocycles. The quantitative estimate of drug-likeness (QED) is 0.926. The number of hydrogen-bond acceptors (Lipinski definition) is 4. The highest BCUT2D eigenvalue weighted by atomic mass is 16.5. The van der Waals surface area contributed by atoms with Crippen LogP contribution in [0.2, 0.25) is 0 Å². The molecule has 0 spiro atoms. The first-order valence-electron chi connectivity index (χ1n) is 8.68. The van der Waals surface area contributed by atoms with Gasteiger partial charge in [-0.3, -0.25) is 4.90 Å². The highest BCUT2D eigenvalue weighted by Crippen LogP contribution is 2.24. The van der Waals surface area contributed by atoms with Gasteiger partial charge in [-0.2, -0.15) is 5.26 Å². The van der Waals surface area contributed by atoms with Crippen LogP contribution in [-0.2, 0) is 0 Å². The molecule has 0 saturated carbocycles. The normalized spacial score (nSPS) is 20.8. The molecule has 1 aromatic carbocycles. The van der Waals surface area contributed by atoms with Gasteiger partial charge in [0.1, 0.15) is 11.8 Å². The van der Waals surface area contributed by atoms with Crippen LogP contribution in [0.1, 0.15) is 31.7 Å². The molecule has 2 aliphatic heterocycles. The van der Waals surface area contributed by atoms with Crippen molar-refractivity contribution in [3.63, 3.8) is 0 Å². The smallest absolute Gasteiger partial charge is 0.321 e. The summed E-state index contributed by atoms with van der Waals surface area (Å²) < 4.78 is 5.42. The molecule has 1 aromatic rings. The molecule has 1 N–H and O–H groups in total. The molecule has 2 aliphatic rings. The van der Waals surface area contributed by atoms with Crippen molar-refractivity contribution in [1.82, 2.24) is 9.80 Å². The van der Waals surface area contributed by atoms with Crippen LogP contribution in [0.3, 0.4) is 0 Å². The van der Waals surface area contributed by atoms with E-state index in [1.54, 1.807) is 18.2 Å². The van der Waals surface area contributed by atoms with Crippen molar-refractivity contribution in [3.8, 4) is 11.8 Å². The van der Waals surface area contributed by atoms with Gasteiger partial charge in [0, 0.05) is 31.4 Å². The van der Waals surface area contributed by atoms with E-state index in [1.165, 1.54) is 12.8 Å². The molecule has 128 valence electrons. The minimum Gasteiger partial charge on any atom is -0.492 e. The molecule has 2 fully saturated rings. The van der Waals surface area contributed by atoms with Crippen molar-refractivity contribution in [3.05, 3.63) is 23.8 Å². The Balaban J connectivity index is 1.67. The minimum atomic E-state index is -0.0863. The lowest BCUT2D eigenvalue weighted by Crippen LogP contribution is -2.41. The van der Waals surface area contributed by atoms with E-state index in [4.69, 9.17) is 4.74 Å². The zero-order valence-corrected chi connectivity index (χ0v) is 14.1. The first kappa shape index (κ1) is 16.6. The molecule has 0 radical (unpaired) electrons. The van der Waals surface area contributed by atoms with E-state index in [1.807, 2.05) is 11.8 Å². The number of benzene rings is 1. The molecule has 0 bridgehead atoms. The molecular formula is C18H24N4O2. The molecule has 1 atom stereocenters. The molecular weight excluding hydrogens is 304 g/mol. The van der Waals surface area contributed by atoms with Gasteiger partial charge in [0.05, 0.1) is 12.2 Å². The summed E-state index contributed by atoms with van der Waals surface area (Å²) in [5.41, 5.74) is 1.07. The summed E-state index contributed by atoms with van der Waals surface area (Å²) >= 11 is 0. The fourth-order valence-corrected chi connectivity index (χ4v) is 3.57. The minimum absolute atomic E-state index is 0.0863. The number of nitrogens with zero attached hydrogens (tertiary/aromatic N) is 3. The number of hydrogen-bond donors (Lipinski definition) is 1. The number of rotatable bonds is 3. The van der Waals surface area contributed by atoms with Crippen LogP contribution in [0.5, 0.6) is 5.75 Å². The number of fused-ring (bicyclic) bond motifs is 1. The Morgan fingerprint density at radius 3 is 3.00 bits per heavy atom. The SMILES string of the molecule is CCOc1ccc(NC(=O)N2CCCN3CCC[C@H]3C2)cc1C#N. The second-order valence-electron chi connectivity index (χ2n) is 6.32. The first-order valence-corrected chi connectivity index (χ1v) is 8.68. The number of anilines is 1. The Labute approximate surface area is 143 Å². The maximum Gasteiger partial charge on any atom is 0.321 e. The number of amides is 2. The number of nitrogens with one attached hydrogen (secondary N) is 1. The molecule has 2 amide bonds. The monoisotopic (exact) mass is 328 g/mol. The molecule has 2 heterocycles. The van der Waals surface area contributed by atoms with Crippen molar-refractivity contribution in [1.29, 1.82) is 5.26 Å². The summed E-state index contributed by atoms with van der Waals surface area (Å²) in [7, 11) is 0. The summed E-state index contributed by atoms with van der Waals surface area (Å²) in [6, 6.07) is 7.71. The molecule has 6 heteroatoms. The van der Waals surface area contributed by atoms with Crippen LogP contribution >= 0.6 is 0 Å². The second kappa shape index (κ2) is 7.54. The third kappa shape index (κ3) is 3.62. The van der Waals surface area contributed by atoms with Gasteiger partial charge in [0.2, 0.25) is 0 Å². The van der Waals surface area contributed by atoms with Crippen LogP contribution in [0, 0.1) is 11.3 Å². The maximum atomic E-state index is 12.6. The maximum absolute atomic E-state index is 12.6. The molecule has 0 aliphatic carbocycles. The van der Waals surface area contributed by atoms with Crippen LogP contribution < -0.4 is 10.1 Å². The summed E-state index contributed by atoms with van der Waals surface area (Å²) in [6.07, 6.45) is 3.41. The zero-order chi connectivity index (χ0) is 16.9. The molecule has 24 heavy (non-hydrogen) atoms. The van der Waals surface area contributed by atoms with E-state index in [2.05, 4.69) is 16.3 Å². The van der Waals surface area contributed by atoms with E-state index in [9.17, 15) is 10.1 Å². The van der Waals surface area contributed by atoms with Gasteiger partial charge in [-0.15, -0.1) is 0 Å². The lowest BCUT2D eigenvalue weighted by Gasteiger charge is -2.26. The average Bonchev–Trinajstić information content (AvgIpc) is 2.93. The highest BCUT2D eigenvalue weighted by molar-refractivity contribution is 5.89. The first-order chi connectivity index (χ1) is 11.7. The van der Waals surface area contributed by atoms with Crippen LogP contribution in [0.25, 0.3) is 0 Å². The topological polar surface area (TPSA) is 68.6 Å². The van der Waals surface area contributed by atoms with Crippen molar-refractivity contribution < 1.29 is 9.53 Å². The number of urea groups is 1. The Morgan fingerprint density at radius 1 is 1.38 bits per heavy atom. The predicted octanol–water partition coefficient (Wildman–Crippen LogP) is 2.66. The van der Waals surface area contributed by atoms with Crippen molar-refractivity contribution in [2.24, 2.45) is 0 Å². The van der Waals surface area contributed by atoms with Crippen molar-refractivity contribution >= 4 is 11.7 Å². The molecule has 6 nitrogen and oxygen atoms in total. The fraction of sp³-hybridized carbons (Fsp3) is 0.556. The number of ether oxygens (including phenoxy) is 1. The lowest BCUT2D eigenvalue weighted by molar-refractivity contribution is 0.200. The second-order valence-corrected chi connectivity index (χ2v) is 6.32. The average molecular weight is 328 g/mol. The van der Waals surface area contributed by atoms with Gasteiger partial charge >= 0.3 is 6.03 Å². The fourth-order valence-electron chi connectivity index (χ4n) is 3.57. The van der Waals surface area contributed by atoms with Gasteiger partial charge < -0.3 is 15.0 Å². The van der Waals surface area contributed by atoms with E-state index in [-0.39, 0.29) is 6.03 Å². The van der Waals surface area contributed by atoms with E-state index in [0.29, 0.717) is 29.6 Å². The third-order valence-electron chi connectivity index (χ3n) is 4.74. The summed E-state index contributed by atoms with van der Waals surface area (Å²) in [5.74, 6) is 0.550. The van der Waals surface area contributed by atoms with E-state index in [0.717, 1.165) is 32.6 Å². The molecule has 0 unspecified atom stereocenters. The van der Waals surface area contributed by atoms with Gasteiger partial charge in [0.15, 0.2) is 0 Å². The lowest BCUT2D eigenvalue weighted by atomic mass is 10.2. The number of nitriles is 1. The van der Waals surface area contributed by atoms with Gasteiger partial charge in [0.25, 0.3) is 0 Å². The van der Waals surface area contributed by atoms with Gasteiger partial charge in [-0.05, 0) is 50.9 Å². The summed E-state index contributed by atoms with van der Waals surface area (Å²) in [6.45, 7) is 6.18. The highest BCUT2D eigenvalue weighted by Gasteiger charge is 2.30. The summed E-state index contributed by atoms with van der Waals surface area (Å²) in [4.78, 5) is 17.0. The third-order valence-corrected chi connectivity index (χ3v) is 4.74. The standard InChI is InChI=1S/C18H24N4O2/c1-2-24-17-7-6-15(11-14(17)12-19)20-18(23)22-10-4-9-21-8-3-5-16(21)13-22/h6-7,11,16H,2-5,8-10,13H2,1H3,(H,20,23)/t16-/m0/s1. The van der Waals surface area contributed by atoms with E-state index < -0.39 is 0 Å². The Morgan fingerprint density at radius 2 is 2.21 bits per heavy atom. The Hall–Kier alpha value is -2.26. The molecule has 2 saturated heterocycles. The van der Waals surface area contributed by atoms with Crippen LogP contribution in [0.4, 0.5) is 10.5 Å². The Bertz CT molecular complexity index is 640. The number of carbonyl (C=O) groups excluding carboxylic acids is 1. The van der Waals surface area contributed by atoms with Crippen molar-refractivity contribution in [2.75, 3.05) is 38.1 Å². The predicted molar refractivity (Wildman–Crippen MR) is 92.1 cm³/mol. The van der Waals surface area contributed by atoms with Gasteiger partial charge in [-0.25, -0.2) is 4.79 Å². The largest absolute Gasteiger partial charge is 0.492 e. The zero-order valence-electron chi connectivity index (χ0n) is 14.1. The van der Waals surface area contributed by atoms with E-state index >= 15 is 0 Å². The van der Waals surface area contributed by atoms with Crippen molar-refractivity contribution in [2.45, 2.75) is 32.2 Å². The van der Waals surface area contributed by atoms with Gasteiger partial charge in [-0.1, -0.05) is 0 Å². The summed E-state index contributed by atoms with van der Waals surface area (Å²) in [5, 5.41) is 12.2. The number of carbonyl (C=O) groups is 1. The van der Waals surface area contributed by atoms with Crippen LogP contribution in [-0.4, -0.2) is 54.7 Å².